The highest BCUT2D eigenvalue weighted by molar-refractivity contribution is 5.16. The Morgan fingerprint density at radius 3 is 3.05 bits per heavy atom. The number of rotatable bonds is 3. The molecule has 3 rings (SSSR count). The zero-order valence-corrected chi connectivity index (χ0v) is 11.1. The van der Waals surface area contributed by atoms with Crippen molar-refractivity contribution < 1.29 is 0 Å². The van der Waals surface area contributed by atoms with Gasteiger partial charge in [-0.1, -0.05) is 6.07 Å². The first-order valence-corrected chi connectivity index (χ1v) is 7.07. The van der Waals surface area contributed by atoms with Gasteiger partial charge in [-0.05, 0) is 31.4 Å². The minimum Gasteiger partial charge on any atom is -0.312 e. The summed E-state index contributed by atoms with van der Waals surface area (Å²) >= 11 is 0. The van der Waals surface area contributed by atoms with Crippen molar-refractivity contribution in [3.63, 3.8) is 0 Å². The summed E-state index contributed by atoms with van der Waals surface area (Å²) in [7, 11) is 0. The Morgan fingerprint density at radius 2 is 2.21 bits per heavy atom. The van der Waals surface area contributed by atoms with Crippen molar-refractivity contribution in [1.82, 2.24) is 9.47 Å². The summed E-state index contributed by atoms with van der Waals surface area (Å²) in [4.78, 5) is 14.4. The molecule has 3 heterocycles. The minimum atomic E-state index is 0.144. The van der Waals surface area contributed by atoms with Crippen molar-refractivity contribution in [2.45, 2.75) is 31.7 Å². The highest BCUT2D eigenvalue weighted by Crippen LogP contribution is 2.34. The second kappa shape index (κ2) is 5.18. The monoisotopic (exact) mass is 257 g/mol. The molecule has 4 nitrogen and oxygen atoms in total. The molecule has 19 heavy (non-hydrogen) atoms. The molecule has 0 amide bonds. The van der Waals surface area contributed by atoms with Crippen molar-refractivity contribution in [2.24, 2.45) is 5.92 Å². The van der Waals surface area contributed by atoms with Gasteiger partial charge in [-0.25, -0.2) is 0 Å². The number of nitrogens with zero attached hydrogens (tertiary/aromatic N) is 3. The van der Waals surface area contributed by atoms with E-state index in [0.29, 0.717) is 18.3 Å². The second-order valence-corrected chi connectivity index (χ2v) is 5.72. The molecule has 0 N–H and O–H groups in total. The van der Waals surface area contributed by atoms with Crippen molar-refractivity contribution in [3.05, 3.63) is 34.2 Å². The highest BCUT2D eigenvalue weighted by atomic mass is 16.1. The first kappa shape index (κ1) is 12.4. The summed E-state index contributed by atoms with van der Waals surface area (Å²) < 4.78 is 1.96. The molecular formula is C15H19N3O. The van der Waals surface area contributed by atoms with Gasteiger partial charge in [0.25, 0.3) is 5.56 Å². The number of piperidine rings is 1. The Bertz CT molecular complexity index is 557. The minimum absolute atomic E-state index is 0.144. The number of pyridine rings is 1. The van der Waals surface area contributed by atoms with Crippen molar-refractivity contribution in [1.29, 1.82) is 5.26 Å². The van der Waals surface area contributed by atoms with Crippen LogP contribution in [0.5, 0.6) is 0 Å². The van der Waals surface area contributed by atoms with E-state index in [1.54, 1.807) is 6.07 Å². The fraction of sp³-hybridized carbons (Fsp3) is 0.600. The number of fused-ring (bicyclic) bond motifs is 4. The van der Waals surface area contributed by atoms with Gasteiger partial charge in [-0.15, -0.1) is 0 Å². The smallest absolute Gasteiger partial charge is 0.250 e. The molecule has 0 spiro atoms. The van der Waals surface area contributed by atoms with Gasteiger partial charge < -0.3 is 9.47 Å². The van der Waals surface area contributed by atoms with E-state index < -0.39 is 0 Å². The Morgan fingerprint density at radius 1 is 1.32 bits per heavy atom. The van der Waals surface area contributed by atoms with E-state index >= 15 is 0 Å². The number of likely N-dealkylation sites (tertiary alicyclic amines) is 1. The molecule has 0 aliphatic carbocycles. The predicted octanol–water partition coefficient (Wildman–Crippen LogP) is 1.57. The quantitative estimate of drug-likeness (QED) is 0.772. The first-order valence-electron chi connectivity index (χ1n) is 7.07. The average Bonchev–Trinajstić information content (AvgIpc) is 2.40. The van der Waals surface area contributed by atoms with Gasteiger partial charge in [0, 0.05) is 43.7 Å². The highest BCUT2D eigenvalue weighted by Gasteiger charge is 2.33. The third-order valence-corrected chi connectivity index (χ3v) is 4.32. The molecule has 2 unspecified atom stereocenters. The number of hydrogen-bond donors (Lipinski definition) is 0. The zero-order chi connectivity index (χ0) is 13.2. The van der Waals surface area contributed by atoms with Crippen LogP contribution in [0.3, 0.4) is 0 Å². The predicted molar refractivity (Wildman–Crippen MR) is 72.8 cm³/mol. The number of unbranched alkanes of at least 4 members (excludes halogenated alkanes) is 1. The Hall–Kier alpha value is -1.60. The van der Waals surface area contributed by atoms with Crippen LogP contribution in [0.25, 0.3) is 0 Å². The standard InChI is InChI=1S/C15H19N3O/c16-6-1-2-7-17-9-12-8-13(11-17)14-4-3-5-15(19)18(14)10-12/h3-5,12-13H,1-2,7-11H2. The maximum atomic E-state index is 11.9. The third-order valence-electron chi connectivity index (χ3n) is 4.32. The van der Waals surface area contributed by atoms with Crippen LogP contribution in [0.4, 0.5) is 0 Å². The Kier molecular flexibility index (Phi) is 3.39. The van der Waals surface area contributed by atoms with Gasteiger partial charge in [0.15, 0.2) is 0 Å². The molecule has 4 heteroatoms. The molecule has 0 radical (unpaired) electrons. The van der Waals surface area contributed by atoms with Crippen molar-refractivity contribution >= 4 is 0 Å². The molecule has 1 aromatic rings. The van der Waals surface area contributed by atoms with E-state index in [4.69, 9.17) is 5.26 Å². The van der Waals surface area contributed by atoms with E-state index in [9.17, 15) is 4.79 Å². The molecule has 2 aliphatic rings. The Balaban J connectivity index is 1.77. The van der Waals surface area contributed by atoms with Crippen LogP contribution in [0, 0.1) is 17.2 Å². The normalized spacial score (nSPS) is 25.6. The molecule has 1 fully saturated rings. The zero-order valence-electron chi connectivity index (χ0n) is 11.1. The lowest BCUT2D eigenvalue weighted by molar-refractivity contribution is 0.119. The third kappa shape index (κ3) is 2.43. The van der Waals surface area contributed by atoms with Crippen LogP contribution in [0.1, 0.15) is 30.9 Å². The molecule has 1 saturated heterocycles. The second-order valence-electron chi connectivity index (χ2n) is 5.72. The van der Waals surface area contributed by atoms with E-state index in [2.05, 4.69) is 17.0 Å². The van der Waals surface area contributed by atoms with Crippen molar-refractivity contribution in [3.8, 4) is 6.07 Å². The molecule has 1 aromatic heterocycles. The van der Waals surface area contributed by atoms with Gasteiger partial charge in [-0.2, -0.15) is 5.26 Å². The van der Waals surface area contributed by atoms with Crippen LogP contribution in [0.2, 0.25) is 0 Å². The number of aromatic nitrogens is 1. The molecule has 2 aliphatic heterocycles. The summed E-state index contributed by atoms with van der Waals surface area (Å²) in [6.07, 6.45) is 2.80. The molecule has 0 saturated carbocycles. The topological polar surface area (TPSA) is 49.0 Å². The van der Waals surface area contributed by atoms with Crippen LogP contribution < -0.4 is 5.56 Å². The Labute approximate surface area is 113 Å². The lowest BCUT2D eigenvalue weighted by Gasteiger charge is -2.42. The van der Waals surface area contributed by atoms with Gasteiger partial charge in [0.05, 0.1) is 6.07 Å². The molecule has 0 aromatic carbocycles. The summed E-state index contributed by atoms with van der Waals surface area (Å²) in [6.45, 7) is 3.98. The average molecular weight is 257 g/mol. The van der Waals surface area contributed by atoms with Crippen LogP contribution in [-0.2, 0) is 6.54 Å². The van der Waals surface area contributed by atoms with E-state index in [1.165, 1.54) is 12.1 Å². The van der Waals surface area contributed by atoms with Crippen LogP contribution in [-0.4, -0.2) is 29.1 Å². The maximum Gasteiger partial charge on any atom is 0.250 e. The summed E-state index contributed by atoms with van der Waals surface area (Å²) in [5.41, 5.74) is 1.35. The summed E-state index contributed by atoms with van der Waals surface area (Å²) in [5, 5.41) is 8.61. The fourth-order valence-corrected chi connectivity index (χ4v) is 3.56. The van der Waals surface area contributed by atoms with E-state index in [1.807, 2.05) is 10.6 Å². The van der Waals surface area contributed by atoms with Crippen LogP contribution in [0.15, 0.2) is 23.0 Å². The SMILES string of the molecule is N#CCCCN1CC2CC(C1)c1cccc(=O)n1C2. The van der Waals surface area contributed by atoms with Gasteiger partial charge in [0.2, 0.25) is 0 Å². The van der Waals surface area contributed by atoms with E-state index in [0.717, 1.165) is 32.6 Å². The summed E-state index contributed by atoms with van der Waals surface area (Å²) in [6, 6.07) is 7.85. The maximum absolute atomic E-state index is 11.9. The lowest BCUT2D eigenvalue weighted by Crippen LogP contribution is -2.47. The van der Waals surface area contributed by atoms with Gasteiger partial charge in [-0.3, -0.25) is 4.79 Å². The molecule has 2 atom stereocenters. The molecular weight excluding hydrogens is 238 g/mol. The molecule has 2 bridgehead atoms. The number of hydrogen-bond acceptors (Lipinski definition) is 3. The van der Waals surface area contributed by atoms with E-state index in [-0.39, 0.29) is 5.56 Å². The van der Waals surface area contributed by atoms with Gasteiger partial charge >= 0.3 is 0 Å². The first-order chi connectivity index (χ1) is 9.28. The molecule has 100 valence electrons. The van der Waals surface area contributed by atoms with Crippen LogP contribution >= 0.6 is 0 Å². The number of nitriles is 1. The largest absolute Gasteiger partial charge is 0.312 e. The van der Waals surface area contributed by atoms with Crippen molar-refractivity contribution in [2.75, 3.05) is 19.6 Å². The fourth-order valence-electron chi connectivity index (χ4n) is 3.56. The lowest BCUT2D eigenvalue weighted by atomic mass is 9.83. The van der Waals surface area contributed by atoms with Gasteiger partial charge in [0.1, 0.15) is 0 Å². The summed E-state index contributed by atoms with van der Waals surface area (Å²) in [5.74, 6) is 1.08.